The molecule has 2 nitrogen and oxygen atoms in total. The summed E-state index contributed by atoms with van der Waals surface area (Å²) in [7, 11) is 0. The van der Waals surface area contributed by atoms with Gasteiger partial charge < -0.3 is 5.21 Å². The van der Waals surface area contributed by atoms with Crippen LogP contribution in [0.4, 0.5) is 0 Å². The fourth-order valence-electron chi connectivity index (χ4n) is 2.76. The van der Waals surface area contributed by atoms with E-state index in [1.54, 1.807) is 0 Å². The largest absolute Gasteiger partial charge is 0.316 e. The van der Waals surface area contributed by atoms with E-state index >= 15 is 0 Å². The zero-order valence-electron chi connectivity index (χ0n) is 10.9. The van der Waals surface area contributed by atoms with Crippen LogP contribution in [0.3, 0.4) is 0 Å². The average Bonchev–Trinajstić information content (AvgIpc) is 2.45. The van der Waals surface area contributed by atoms with Crippen molar-refractivity contribution >= 4 is 12.2 Å². The Hall–Kier alpha value is -1.90. The van der Waals surface area contributed by atoms with E-state index in [2.05, 4.69) is 41.9 Å². The van der Waals surface area contributed by atoms with Gasteiger partial charge in [-0.2, -0.15) is 5.48 Å². The lowest BCUT2D eigenvalue weighted by molar-refractivity contribution is 0.0695. The number of hydroxylamine groups is 1. The Morgan fingerprint density at radius 1 is 0.947 bits per heavy atom. The maximum atomic E-state index is 9.67. The van der Waals surface area contributed by atoms with Gasteiger partial charge in [0.05, 0.1) is 5.54 Å². The number of fused-ring (bicyclic) bond motifs is 2. The molecular formula is C17H17NO. The molecule has 0 heterocycles. The molecule has 1 aliphatic carbocycles. The molecule has 0 saturated heterocycles. The summed E-state index contributed by atoms with van der Waals surface area (Å²) in [5.41, 5.74) is 6.73. The second kappa shape index (κ2) is 4.65. The van der Waals surface area contributed by atoms with Gasteiger partial charge in [0.25, 0.3) is 0 Å². The SMILES string of the molecule is CC1(NO)Cc2ccccc2/C=C\c2ccccc21. The topological polar surface area (TPSA) is 32.3 Å². The molecule has 0 saturated carbocycles. The first kappa shape index (κ1) is 12.2. The van der Waals surface area contributed by atoms with Gasteiger partial charge in [0.15, 0.2) is 0 Å². The molecular weight excluding hydrogens is 234 g/mol. The average molecular weight is 251 g/mol. The number of nitrogens with one attached hydrogen (secondary N) is 1. The van der Waals surface area contributed by atoms with Gasteiger partial charge in [-0.15, -0.1) is 0 Å². The predicted molar refractivity (Wildman–Crippen MR) is 77.8 cm³/mol. The summed E-state index contributed by atoms with van der Waals surface area (Å²) in [4.78, 5) is 0. The highest BCUT2D eigenvalue weighted by Gasteiger charge is 2.29. The normalized spacial score (nSPS) is 22.8. The van der Waals surface area contributed by atoms with Crippen molar-refractivity contribution < 1.29 is 5.21 Å². The summed E-state index contributed by atoms with van der Waals surface area (Å²) in [6, 6.07) is 16.5. The van der Waals surface area contributed by atoms with Crippen LogP contribution in [0, 0.1) is 0 Å². The van der Waals surface area contributed by atoms with Gasteiger partial charge in [-0.3, -0.25) is 0 Å². The highest BCUT2D eigenvalue weighted by atomic mass is 16.5. The molecule has 2 N–H and O–H groups in total. The van der Waals surface area contributed by atoms with Crippen molar-refractivity contribution in [3.05, 3.63) is 70.8 Å². The summed E-state index contributed by atoms with van der Waals surface area (Å²) in [6.07, 6.45) is 5.01. The first-order valence-electron chi connectivity index (χ1n) is 6.50. The Morgan fingerprint density at radius 2 is 1.58 bits per heavy atom. The third-order valence-electron chi connectivity index (χ3n) is 3.84. The molecule has 1 atom stereocenters. The molecule has 1 aliphatic rings. The number of rotatable bonds is 1. The molecule has 0 bridgehead atoms. The van der Waals surface area contributed by atoms with Crippen LogP contribution in [-0.4, -0.2) is 5.21 Å². The zero-order valence-corrected chi connectivity index (χ0v) is 10.9. The Bertz CT molecular complexity index is 633. The minimum Gasteiger partial charge on any atom is -0.316 e. The maximum absolute atomic E-state index is 9.67. The summed E-state index contributed by atoms with van der Waals surface area (Å²) in [6.45, 7) is 2.03. The van der Waals surface area contributed by atoms with Gasteiger partial charge in [-0.1, -0.05) is 60.7 Å². The molecule has 3 rings (SSSR count). The van der Waals surface area contributed by atoms with Gasteiger partial charge in [-0.25, -0.2) is 0 Å². The monoisotopic (exact) mass is 251 g/mol. The Labute approximate surface area is 113 Å². The van der Waals surface area contributed by atoms with Gasteiger partial charge in [-0.05, 0) is 35.6 Å². The molecule has 0 radical (unpaired) electrons. The Kier molecular flexibility index (Phi) is 2.97. The smallest absolute Gasteiger partial charge is 0.0696 e. The van der Waals surface area contributed by atoms with Crippen molar-refractivity contribution in [2.45, 2.75) is 18.9 Å². The molecule has 0 aromatic heterocycles. The molecule has 2 aromatic carbocycles. The van der Waals surface area contributed by atoms with E-state index < -0.39 is 5.54 Å². The van der Waals surface area contributed by atoms with Crippen molar-refractivity contribution in [1.29, 1.82) is 0 Å². The highest BCUT2D eigenvalue weighted by Crippen LogP contribution is 2.32. The third-order valence-corrected chi connectivity index (χ3v) is 3.84. The van der Waals surface area contributed by atoms with Crippen LogP contribution in [-0.2, 0) is 12.0 Å². The first-order chi connectivity index (χ1) is 9.23. The van der Waals surface area contributed by atoms with Gasteiger partial charge >= 0.3 is 0 Å². The van der Waals surface area contributed by atoms with Crippen molar-refractivity contribution in [2.75, 3.05) is 0 Å². The third kappa shape index (κ3) is 2.09. The minimum absolute atomic E-state index is 0.475. The Balaban J connectivity index is 2.23. The minimum atomic E-state index is -0.475. The van der Waals surface area contributed by atoms with Crippen LogP contribution in [0.1, 0.15) is 29.2 Å². The Morgan fingerprint density at radius 3 is 2.37 bits per heavy atom. The van der Waals surface area contributed by atoms with E-state index in [4.69, 9.17) is 0 Å². The zero-order chi connectivity index (χ0) is 13.3. The van der Waals surface area contributed by atoms with E-state index in [-0.39, 0.29) is 0 Å². The second-order valence-electron chi connectivity index (χ2n) is 5.24. The predicted octanol–water partition coefficient (Wildman–Crippen LogP) is 3.61. The van der Waals surface area contributed by atoms with E-state index in [0.29, 0.717) is 0 Å². The second-order valence-corrected chi connectivity index (χ2v) is 5.24. The summed E-state index contributed by atoms with van der Waals surface area (Å²) < 4.78 is 0. The maximum Gasteiger partial charge on any atom is 0.0696 e. The summed E-state index contributed by atoms with van der Waals surface area (Å²) >= 11 is 0. The van der Waals surface area contributed by atoms with Gasteiger partial charge in [0, 0.05) is 0 Å². The molecule has 2 heteroatoms. The molecule has 19 heavy (non-hydrogen) atoms. The molecule has 1 unspecified atom stereocenters. The van der Waals surface area contributed by atoms with Gasteiger partial charge in [0.2, 0.25) is 0 Å². The summed E-state index contributed by atoms with van der Waals surface area (Å²) in [5.74, 6) is 0. The van der Waals surface area contributed by atoms with E-state index in [0.717, 1.165) is 17.5 Å². The van der Waals surface area contributed by atoms with Crippen molar-refractivity contribution in [3.63, 3.8) is 0 Å². The first-order valence-corrected chi connectivity index (χ1v) is 6.50. The number of hydrogen-bond acceptors (Lipinski definition) is 2. The number of hydrogen-bond donors (Lipinski definition) is 2. The van der Waals surface area contributed by atoms with Crippen LogP contribution in [0.15, 0.2) is 48.5 Å². The highest BCUT2D eigenvalue weighted by molar-refractivity contribution is 5.74. The van der Waals surface area contributed by atoms with Crippen LogP contribution in [0.2, 0.25) is 0 Å². The van der Waals surface area contributed by atoms with Crippen LogP contribution in [0.5, 0.6) is 0 Å². The van der Waals surface area contributed by atoms with Crippen molar-refractivity contribution in [1.82, 2.24) is 5.48 Å². The lowest BCUT2D eigenvalue weighted by Crippen LogP contribution is -2.40. The van der Waals surface area contributed by atoms with Gasteiger partial charge in [0.1, 0.15) is 0 Å². The fraction of sp³-hybridized carbons (Fsp3) is 0.176. The van der Waals surface area contributed by atoms with Crippen molar-refractivity contribution in [2.24, 2.45) is 0 Å². The molecule has 96 valence electrons. The standard InChI is InChI=1S/C17H17NO/c1-17(18-19)12-15-8-3-2-6-13(15)10-11-14-7-4-5-9-16(14)17/h2-11,18-19H,12H2,1H3/b11-10-. The summed E-state index contributed by atoms with van der Waals surface area (Å²) in [5, 5.41) is 9.67. The lowest BCUT2D eigenvalue weighted by Gasteiger charge is -2.32. The van der Waals surface area contributed by atoms with Crippen LogP contribution < -0.4 is 5.48 Å². The molecule has 0 aliphatic heterocycles. The lowest BCUT2D eigenvalue weighted by atomic mass is 9.80. The quantitative estimate of drug-likeness (QED) is 0.759. The van der Waals surface area contributed by atoms with E-state index in [1.165, 1.54) is 11.1 Å². The fourth-order valence-corrected chi connectivity index (χ4v) is 2.76. The number of benzene rings is 2. The molecule has 2 aromatic rings. The van der Waals surface area contributed by atoms with Crippen LogP contribution in [0.25, 0.3) is 12.2 Å². The van der Waals surface area contributed by atoms with E-state index in [1.807, 2.05) is 31.2 Å². The molecule has 0 fully saturated rings. The molecule has 0 amide bonds. The van der Waals surface area contributed by atoms with Crippen molar-refractivity contribution in [3.8, 4) is 0 Å². The molecule has 0 spiro atoms. The van der Waals surface area contributed by atoms with E-state index in [9.17, 15) is 5.21 Å². The van der Waals surface area contributed by atoms with Crippen LogP contribution >= 0.6 is 0 Å².